The Morgan fingerprint density at radius 2 is 1.72 bits per heavy atom. The molecule has 1 aromatic heterocycles. The SMILES string of the molecule is COc1cccc2c(N/N=C/c3cccc4ccccc34)ccnc12. The molecule has 122 valence electrons. The lowest BCUT2D eigenvalue weighted by atomic mass is 10.1. The van der Waals surface area contributed by atoms with E-state index in [-0.39, 0.29) is 0 Å². The van der Waals surface area contributed by atoms with Crippen LogP contribution in [0, 0.1) is 0 Å². The Labute approximate surface area is 145 Å². The van der Waals surface area contributed by atoms with Gasteiger partial charge in [0.1, 0.15) is 11.3 Å². The van der Waals surface area contributed by atoms with Gasteiger partial charge in [-0.3, -0.25) is 10.4 Å². The highest BCUT2D eigenvalue weighted by molar-refractivity contribution is 6.00. The molecule has 0 bridgehead atoms. The van der Waals surface area contributed by atoms with Crippen molar-refractivity contribution < 1.29 is 4.74 Å². The van der Waals surface area contributed by atoms with Crippen molar-refractivity contribution in [1.29, 1.82) is 0 Å². The van der Waals surface area contributed by atoms with Crippen molar-refractivity contribution in [2.75, 3.05) is 12.5 Å². The zero-order chi connectivity index (χ0) is 17.1. The quantitative estimate of drug-likeness (QED) is 0.431. The maximum absolute atomic E-state index is 5.38. The minimum Gasteiger partial charge on any atom is -0.494 e. The normalized spacial score (nSPS) is 11.2. The molecule has 25 heavy (non-hydrogen) atoms. The fourth-order valence-corrected chi connectivity index (χ4v) is 2.95. The van der Waals surface area contributed by atoms with Crippen LogP contribution >= 0.6 is 0 Å². The number of hydrogen-bond donors (Lipinski definition) is 1. The third kappa shape index (κ3) is 2.90. The Bertz CT molecular complexity index is 1070. The van der Waals surface area contributed by atoms with Crippen molar-refractivity contribution in [3.8, 4) is 5.75 Å². The molecular formula is C21H17N3O. The van der Waals surface area contributed by atoms with Gasteiger partial charge in [0.25, 0.3) is 0 Å². The van der Waals surface area contributed by atoms with Gasteiger partial charge in [-0.25, -0.2) is 0 Å². The number of ether oxygens (including phenoxy) is 1. The molecule has 0 fully saturated rings. The van der Waals surface area contributed by atoms with Gasteiger partial charge in [-0.05, 0) is 22.9 Å². The third-order valence-electron chi connectivity index (χ3n) is 4.17. The molecular weight excluding hydrogens is 310 g/mol. The van der Waals surface area contributed by atoms with E-state index in [9.17, 15) is 0 Å². The largest absolute Gasteiger partial charge is 0.494 e. The van der Waals surface area contributed by atoms with Crippen LogP contribution in [-0.2, 0) is 0 Å². The highest BCUT2D eigenvalue weighted by atomic mass is 16.5. The lowest BCUT2D eigenvalue weighted by Gasteiger charge is -2.08. The second kappa shape index (κ2) is 6.61. The van der Waals surface area contributed by atoms with E-state index in [1.54, 1.807) is 13.3 Å². The molecule has 0 unspecified atom stereocenters. The Morgan fingerprint density at radius 3 is 2.64 bits per heavy atom. The molecule has 1 N–H and O–H groups in total. The van der Waals surface area contributed by atoms with Gasteiger partial charge in [-0.2, -0.15) is 5.10 Å². The number of hydrogen-bond acceptors (Lipinski definition) is 4. The summed E-state index contributed by atoms with van der Waals surface area (Å²) in [5.74, 6) is 0.749. The lowest BCUT2D eigenvalue weighted by molar-refractivity contribution is 0.419. The molecule has 4 heteroatoms. The molecule has 0 saturated heterocycles. The molecule has 0 saturated carbocycles. The summed E-state index contributed by atoms with van der Waals surface area (Å²) in [4.78, 5) is 4.40. The maximum atomic E-state index is 5.38. The molecule has 0 aliphatic rings. The number of anilines is 1. The van der Waals surface area contributed by atoms with Crippen molar-refractivity contribution >= 4 is 33.6 Å². The molecule has 0 aliphatic heterocycles. The summed E-state index contributed by atoms with van der Waals surface area (Å²) in [7, 11) is 1.65. The zero-order valence-electron chi connectivity index (χ0n) is 13.8. The van der Waals surface area contributed by atoms with Crippen LogP contribution in [0.5, 0.6) is 5.75 Å². The van der Waals surface area contributed by atoms with Gasteiger partial charge >= 0.3 is 0 Å². The number of benzene rings is 3. The lowest BCUT2D eigenvalue weighted by Crippen LogP contribution is -1.94. The summed E-state index contributed by atoms with van der Waals surface area (Å²) in [5, 5.41) is 7.77. The van der Waals surface area contributed by atoms with E-state index in [1.807, 2.05) is 48.7 Å². The monoisotopic (exact) mass is 327 g/mol. The Balaban J connectivity index is 1.67. The predicted octanol–water partition coefficient (Wildman–Crippen LogP) is 4.84. The van der Waals surface area contributed by atoms with E-state index in [0.29, 0.717) is 0 Å². The number of methoxy groups -OCH3 is 1. The number of rotatable bonds is 4. The standard InChI is InChI=1S/C21H17N3O/c1-25-20-11-5-10-18-19(12-13-22-21(18)20)24-23-14-16-8-4-7-15-6-2-3-9-17(15)16/h2-14H,1H3,(H,22,24)/b23-14+. The Morgan fingerprint density at radius 1 is 0.920 bits per heavy atom. The van der Waals surface area contributed by atoms with Crippen LogP contribution in [0.25, 0.3) is 21.7 Å². The summed E-state index contributed by atoms with van der Waals surface area (Å²) in [6.45, 7) is 0. The summed E-state index contributed by atoms with van der Waals surface area (Å²) < 4.78 is 5.38. The van der Waals surface area contributed by atoms with Crippen molar-refractivity contribution in [2.24, 2.45) is 5.10 Å². The van der Waals surface area contributed by atoms with Crippen LogP contribution < -0.4 is 10.2 Å². The van der Waals surface area contributed by atoms with Crippen LogP contribution in [0.3, 0.4) is 0 Å². The fraction of sp³-hybridized carbons (Fsp3) is 0.0476. The molecule has 3 aromatic carbocycles. The average Bonchev–Trinajstić information content (AvgIpc) is 2.68. The number of nitrogens with one attached hydrogen (secondary N) is 1. The van der Waals surface area contributed by atoms with Crippen molar-refractivity contribution in [1.82, 2.24) is 4.98 Å². The molecule has 4 rings (SSSR count). The summed E-state index contributed by atoms with van der Waals surface area (Å²) in [5.41, 5.74) is 5.90. The second-order valence-corrected chi connectivity index (χ2v) is 5.65. The minimum absolute atomic E-state index is 0.749. The molecule has 0 atom stereocenters. The average molecular weight is 327 g/mol. The molecule has 1 heterocycles. The number of para-hydroxylation sites is 1. The number of pyridine rings is 1. The molecule has 0 radical (unpaired) electrons. The maximum Gasteiger partial charge on any atom is 0.145 e. The van der Waals surface area contributed by atoms with Gasteiger partial charge in [0.15, 0.2) is 0 Å². The van der Waals surface area contributed by atoms with Crippen molar-refractivity contribution in [2.45, 2.75) is 0 Å². The van der Waals surface area contributed by atoms with Gasteiger partial charge in [0.2, 0.25) is 0 Å². The number of nitrogens with zero attached hydrogens (tertiary/aromatic N) is 2. The zero-order valence-corrected chi connectivity index (χ0v) is 13.8. The van der Waals surface area contributed by atoms with E-state index < -0.39 is 0 Å². The number of fused-ring (bicyclic) bond motifs is 2. The van der Waals surface area contributed by atoms with Crippen LogP contribution in [0.1, 0.15) is 5.56 Å². The van der Waals surface area contributed by atoms with E-state index in [2.05, 4.69) is 39.8 Å². The van der Waals surface area contributed by atoms with Gasteiger partial charge in [-0.15, -0.1) is 0 Å². The summed E-state index contributed by atoms with van der Waals surface area (Å²) >= 11 is 0. The predicted molar refractivity (Wildman–Crippen MR) is 103 cm³/mol. The van der Waals surface area contributed by atoms with E-state index in [0.717, 1.165) is 27.9 Å². The Kier molecular flexibility index (Phi) is 4.01. The fourth-order valence-electron chi connectivity index (χ4n) is 2.95. The molecule has 4 nitrogen and oxygen atoms in total. The Hall–Kier alpha value is -3.40. The summed E-state index contributed by atoms with van der Waals surface area (Å²) in [6.07, 6.45) is 3.59. The van der Waals surface area contributed by atoms with Crippen LogP contribution in [0.15, 0.2) is 78.0 Å². The number of aromatic nitrogens is 1. The van der Waals surface area contributed by atoms with Crippen LogP contribution in [0.4, 0.5) is 5.69 Å². The van der Waals surface area contributed by atoms with Gasteiger partial charge in [0.05, 0.1) is 19.0 Å². The van der Waals surface area contributed by atoms with E-state index in [1.165, 1.54) is 10.8 Å². The van der Waals surface area contributed by atoms with E-state index in [4.69, 9.17) is 4.74 Å². The molecule has 0 spiro atoms. The molecule has 4 aromatic rings. The highest BCUT2D eigenvalue weighted by Gasteiger charge is 2.05. The smallest absolute Gasteiger partial charge is 0.145 e. The first-order valence-electron chi connectivity index (χ1n) is 8.05. The third-order valence-corrected chi connectivity index (χ3v) is 4.17. The minimum atomic E-state index is 0.749. The molecule has 0 amide bonds. The topological polar surface area (TPSA) is 46.5 Å². The van der Waals surface area contributed by atoms with Crippen molar-refractivity contribution in [3.63, 3.8) is 0 Å². The van der Waals surface area contributed by atoms with E-state index >= 15 is 0 Å². The van der Waals surface area contributed by atoms with Crippen molar-refractivity contribution in [3.05, 3.63) is 78.5 Å². The van der Waals surface area contributed by atoms with Gasteiger partial charge < -0.3 is 4.74 Å². The summed E-state index contributed by atoms with van der Waals surface area (Å²) in [6, 6.07) is 22.2. The van der Waals surface area contributed by atoms with Crippen LogP contribution in [-0.4, -0.2) is 18.3 Å². The first-order valence-corrected chi connectivity index (χ1v) is 8.05. The molecule has 0 aliphatic carbocycles. The van der Waals surface area contributed by atoms with Gasteiger partial charge in [0, 0.05) is 17.1 Å². The van der Waals surface area contributed by atoms with Gasteiger partial charge in [-0.1, -0.05) is 54.6 Å². The number of hydrazone groups is 1. The second-order valence-electron chi connectivity index (χ2n) is 5.65. The highest BCUT2D eigenvalue weighted by Crippen LogP contribution is 2.28. The first kappa shape index (κ1) is 15.1. The first-order chi connectivity index (χ1) is 12.4. The van der Waals surface area contributed by atoms with Crippen LogP contribution in [0.2, 0.25) is 0 Å².